The van der Waals surface area contributed by atoms with Crippen molar-refractivity contribution >= 4 is 69.0 Å². The van der Waals surface area contributed by atoms with Crippen LogP contribution in [-0.4, -0.2) is 90.8 Å². The van der Waals surface area contributed by atoms with Gasteiger partial charge in [-0.3, -0.25) is 4.79 Å². The van der Waals surface area contributed by atoms with E-state index in [0.717, 1.165) is 15.5 Å². The van der Waals surface area contributed by atoms with Gasteiger partial charge in [0.25, 0.3) is 0 Å². The number of halogens is 8. The molecule has 4 aromatic heterocycles. The molecule has 0 unspecified atom stereocenters. The molecule has 22 heteroatoms. The fourth-order valence-electron chi connectivity index (χ4n) is 8.33. The van der Waals surface area contributed by atoms with Crippen molar-refractivity contribution in [1.82, 2.24) is 34.3 Å². The Bertz CT molecular complexity index is 2920. The van der Waals surface area contributed by atoms with Gasteiger partial charge in [0.2, 0.25) is 5.91 Å². The van der Waals surface area contributed by atoms with E-state index in [1.165, 1.54) is 46.9 Å². The minimum atomic E-state index is -4.81. The van der Waals surface area contributed by atoms with Crippen LogP contribution in [0.4, 0.5) is 31.1 Å². The van der Waals surface area contributed by atoms with Gasteiger partial charge in [-0.05, 0) is 117 Å². The fourth-order valence-corrected chi connectivity index (χ4v) is 11.1. The quantitative estimate of drug-likeness (QED) is 0.137. The molecule has 0 saturated carbocycles. The summed E-state index contributed by atoms with van der Waals surface area (Å²) >= 11 is 15.7. The fraction of sp³-hybridized carbons (Fsp3) is 0.490. The summed E-state index contributed by atoms with van der Waals surface area (Å²) in [5.74, 6) is -0.411. The molecule has 8 rings (SSSR count). The lowest BCUT2D eigenvalue weighted by atomic mass is 9.85. The largest absolute Gasteiger partial charge is 0.573 e. The number of thiazole rings is 2. The summed E-state index contributed by atoms with van der Waals surface area (Å²) in [6.45, 7) is 19.3. The smallest absolute Gasteiger partial charge is 0.444 e. The first-order valence-corrected chi connectivity index (χ1v) is 26.0. The number of ether oxygens (including phenoxy) is 3. The van der Waals surface area contributed by atoms with Crippen LogP contribution in [0.15, 0.2) is 61.1 Å². The van der Waals surface area contributed by atoms with Gasteiger partial charge in [-0.1, -0.05) is 64.7 Å². The molecule has 0 radical (unpaired) electrons. The van der Waals surface area contributed by atoms with Crippen molar-refractivity contribution in [3.05, 3.63) is 90.9 Å². The molecule has 2 saturated heterocycles. The van der Waals surface area contributed by atoms with Gasteiger partial charge in [0.1, 0.15) is 49.2 Å². The second-order valence-corrected chi connectivity index (χ2v) is 24.3. The molecule has 2 amide bonds. The highest BCUT2D eigenvalue weighted by Crippen LogP contribution is 2.44. The van der Waals surface area contributed by atoms with E-state index in [1.54, 1.807) is 34.1 Å². The molecule has 0 bridgehead atoms. The first-order valence-electron chi connectivity index (χ1n) is 23.6. The standard InChI is InChI=1S/C27H27ClF3N5O2S.C24H30ClF3N2O3S/c1-26(2,3)18-11-17(12-19(13-18)38-27(29,30)31)22-23(28)39-25(34-22)16-6-9-35(10-7-16)21(37)14-36-15-33-20-5-4-8-32-24(20)36;1-22(2,3)16-11-15(12-17(13-16)32-24(26,27)28)18-19(25)34-20(29-18)14-7-9-30(10-8-14)21(31)33-23(4,5)6/h4-5,8,11-13,15-16H,6-7,9-10,14H2,1-3H3;11-14H,7-10H2,1-6H3. The van der Waals surface area contributed by atoms with Crippen molar-refractivity contribution in [2.24, 2.45) is 0 Å². The number of nitrogens with zero attached hydrogens (tertiary/aromatic N) is 7. The van der Waals surface area contributed by atoms with E-state index >= 15 is 0 Å². The SMILES string of the molecule is CC(C)(C)OC(=O)N1CCC(c2nc(-c3cc(OC(F)(F)F)cc(C(C)(C)C)c3)c(Cl)s2)CC1.CC(C)(C)c1cc(OC(F)(F)F)cc(-c2nc(C3CCN(C(=O)Cn4cnc5cccnc54)CC3)sc2Cl)c1. The molecule has 6 aromatic rings. The van der Waals surface area contributed by atoms with E-state index in [1.807, 2.05) is 79.3 Å². The summed E-state index contributed by atoms with van der Waals surface area (Å²) in [5.41, 5.74) is 3.23. The third kappa shape index (κ3) is 14.8. The Morgan fingerprint density at radius 2 is 1.11 bits per heavy atom. The van der Waals surface area contributed by atoms with E-state index < -0.39 is 29.2 Å². The lowest BCUT2D eigenvalue weighted by molar-refractivity contribution is -0.275. The number of likely N-dealkylation sites (tertiary alicyclic amines) is 2. The van der Waals surface area contributed by atoms with Crippen molar-refractivity contribution in [2.45, 2.75) is 136 Å². The number of hydrogen-bond acceptors (Lipinski definition) is 11. The monoisotopic (exact) mass is 1100 g/mol. The molecule has 0 aliphatic carbocycles. The van der Waals surface area contributed by atoms with Crippen LogP contribution in [0.5, 0.6) is 11.5 Å². The number of pyridine rings is 1. The van der Waals surface area contributed by atoms with Gasteiger partial charge in [0.15, 0.2) is 5.65 Å². The molecule has 0 atom stereocenters. The second-order valence-electron chi connectivity index (χ2n) is 21.1. The van der Waals surface area contributed by atoms with Crippen LogP contribution >= 0.6 is 45.9 Å². The molecule has 73 heavy (non-hydrogen) atoms. The number of amides is 2. The maximum absolute atomic E-state index is 13.0. The summed E-state index contributed by atoms with van der Waals surface area (Å²) in [6.07, 6.45) is -3.82. The Morgan fingerprint density at radius 3 is 1.53 bits per heavy atom. The highest BCUT2D eigenvalue weighted by atomic mass is 35.5. The van der Waals surface area contributed by atoms with E-state index in [2.05, 4.69) is 19.4 Å². The maximum atomic E-state index is 13.0. The van der Waals surface area contributed by atoms with Crippen LogP contribution in [0.1, 0.15) is 121 Å². The third-order valence-corrected chi connectivity index (χ3v) is 15.0. The summed E-state index contributed by atoms with van der Waals surface area (Å²) in [4.78, 5) is 46.9. The number of hydrogen-bond donors (Lipinski definition) is 0. The maximum Gasteiger partial charge on any atom is 0.573 e. The molecule has 2 aliphatic rings. The first kappa shape index (κ1) is 55.6. The number of benzene rings is 2. The van der Waals surface area contributed by atoms with Crippen LogP contribution in [0, 0.1) is 0 Å². The number of alkyl halides is 6. The molecular weight excluding hydrogens is 1040 g/mol. The average molecular weight is 1100 g/mol. The van der Waals surface area contributed by atoms with Crippen LogP contribution in [0.3, 0.4) is 0 Å². The molecule has 12 nitrogen and oxygen atoms in total. The minimum absolute atomic E-state index is 0.00699. The van der Waals surface area contributed by atoms with Crippen LogP contribution in [0.2, 0.25) is 8.67 Å². The second kappa shape index (κ2) is 21.6. The van der Waals surface area contributed by atoms with Crippen molar-refractivity contribution in [3.8, 4) is 34.0 Å². The van der Waals surface area contributed by atoms with Crippen LogP contribution in [0.25, 0.3) is 33.7 Å². The number of rotatable bonds is 8. The number of carbonyl (C=O) groups is 2. The Balaban J connectivity index is 0.000000216. The molecular formula is C51H57Cl2F6N7O5S2. The van der Waals surface area contributed by atoms with E-state index in [4.69, 9.17) is 37.9 Å². The lowest BCUT2D eigenvalue weighted by Crippen LogP contribution is -2.41. The summed E-state index contributed by atoms with van der Waals surface area (Å²) in [7, 11) is 0. The van der Waals surface area contributed by atoms with Gasteiger partial charge in [-0.2, -0.15) is 0 Å². The molecule has 2 aromatic carbocycles. The van der Waals surface area contributed by atoms with Gasteiger partial charge >= 0.3 is 18.8 Å². The normalized spacial score (nSPS) is 15.6. The van der Waals surface area contributed by atoms with Gasteiger partial charge < -0.3 is 28.6 Å². The predicted octanol–water partition coefficient (Wildman–Crippen LogP) is 14.6. The number of piperidine rings is 2. The van der Waals surface area contributed by atoms with Crippen molar-refractivity contribution in [1.29, 1.82) is 0 Å². The van der Waals surface area contributed by atoms with E-state index in [0.29, 0.717) is 99.8 Å². The Morgan fingerprint density at radius 1 is 0.658 bits per heavy atom. The summed E-state index contributed by atoms with van der Waals surface area (Å²) in [6, 6.07) is 12.7. The summed E-state index contributed by atoms with van der Waals surface area (Å²) < 4.78 is 94.2. The topological polar surface area (TPSA) is 125 Å². The zero-order chi connectivity index (χ0) is 53.4. The molecule has 0 spiro atoms. The van der Waals surface area contributed by atoms with Gasteiger partial charge in [0.05, 0.1) is 16.3 Å². The molecule has 394 valence electrons. The van der Waals surface area contributed by atoms with Crippen LogP contribution in [-0.2, 0) is 26.9 Å². The van der Waals surface area contributed by atoms with E-state index in [-0.39, 0.29) is 41.9 Å². The third-order valence-electron chi connectivity index (χ3n) is 12.1. The number of imidazole rings is 1. The number of fused-ring (bicyclic) bond motifs is 1. The highest BCUT2D eigenvalue weighted by molar-refractivity contribution is 7.16. The Labute approximate surface area is 438 Å². The Hall–Kier alpha value is -5.18. The van der Waals surface area contributed by atoms with Gasteiger partial charge in [-0.15, -0.1) is 49.0 Å². The summed E-state index contributed by atoms with van der Waals surface area (Å²) in [5, 5.41) is 1.62. The molecule has 2 fully saturated rings. The average Bonchev–Trinajstić information content (AvgIpc) is 4.00. The van der Waals surface area contributed by atoms with Crippen LogP contribution < -0.4 is 9.47 Å². The van der Waals surface area contributed by atoms with Gasteiger partial charge in [-0.25, -0.2) is 24.7 Å². The molecule has 2 aliphatic heterocycles. The first-order chi connectivity index (χ1) is 33.9. The highest BCUT2D eigenvalue weighted by Gasteiger charge is 2.35. The minimum Gasteiger partial charge on any atom is -0.444 e. The molecule has 0 N–H and O–H groups in total. The number of aromatic nitrogens is 5. The van der Waals surface area contributed by atoms with Gasteiger partial charge in [0, 0.05) is 55.3 Å². The van der Waals surface area contributed by atoms with Crippen molar-refractivity contribution < 1.29 is 50.1 Å². The number of carbonyl (C=O) groups excluding carboxylic acids is 2. The van der Waals surface area contributed by atoms with Crippen molar-refractivity contribution in [2.75, 3.05) is 26.2 Å². The predicted molar refractivity (Wildman–Crippen MR) is 272 cm³/mol. The zero-order valence-electron chi connectivity index (χ0n) is 41.8. The van der Waals surface area contributed by atoms with E-state index in [9.17, 15) is 35.9 Å². The van der Waals surface area contributed by atoms with Crippen molar-refractivity contribution in [3.63, 3.8) is 0 Å². The Kier molecular flexibility index (Phi) is 16.4. The zero-order valence-corrected chi connectivity index (χ0v) is 44.9. The lowest BCUT2D eigenvalue weighted by Gasteiger charge is -2.32. The molecule has 6 heterocycles.